The van der Waals surface area contributed by atoms with Crippen LogP contribution in [0.4, 0.5) is 32.1 Å². The number of amides is 3. The van der Waals surface area contributed by atoms with E-state index >= 15 is 0 Å². The number of aromatic nitrogens is 1. The molecule has 3 aromatic rings. The smallest absolute Gasteiger partial charge is 0.321 e. The first-order chi connectivity index (χ1) is 16.4. The molecule has 0 saturated carbocycles. The normalized spacial score (nSPS) is 13.9. The number of anilines is 4. The molecule has 2 aromatic carbocycles. The highest BCUT2D eigenvalue weighted by Gasteiger charge is 2.19. The fourth-order valence-corrected chi connectivity index (χ4v) is 3.86. The van der Waals surface area contributed by atoms with Gasteiger partial charge in [0.2, 0.25) is 0 Å². The topological polar surface area (TPSA) is 112 Å². The van der Waals surface area contributed by atoms with Crippen LogP contribution in [0.15, 0.2) is 60.8 Å². The maximum atomic E-state index is 14.3. The lowest BCUT2D eigenvalue weighted by atomic mass is 10.1. The van der Waals surface area contributed by atoms with E-state index in [-0.39, 0.29) is 23.3 Å². The van der Waals surface area contributed by atoms with E-state index in [2.05, 4.69) is 20.9 Å². The fraction of sp³-hybridized carbons (Fsp3) is 0.240. The van der Waals surface area contributed by atoms with Gasteiger partial charge in [-0.2, -0.15) is 0 Å². The van der Waals surface area contributed by atoms with Gasteiger partial charge in [-0.1, -0.05) is 30.3 Å². The number of hydrogen-bond donors (Lipinski definition) is 4. The Morgan fingerprint density at radius 1 is 1.06 bits per heavy atom. The van der Waals surface area contributed by atoms with E-state index in [1.807, 2.05) is 37.3 Å². The van der Waals surface area contributed by atoms with E-state index in [0.717, 1.165) is 18.4 Å². The Morgan fingerprint density at radius 2 is 1.79 bits per heavy atom. The number of benzene rings is 2. The second-order valence-electron chi connectivity index (χ2n) is 8.20. The lowest BCUT2D eigenvalue weighted by molar-refractivity contribution is 0.100. The Balaban J connectivity index is 1.53. The molecule has 1 atom stereocenters. The van der Waals surface area contributed by atoms with Crippen molar-refractivity contribution >= 4 is 34.8 Å². The average molecular weight is 463 g/mol. The third-order valence-corrected chi connectivity index (χ3v) is 5.71. The maximum absolute atomic E-state index is 14.3. The zero-order valence-electron chi connectivity index (χ0n) is 18.8. The summed E-state index contributed by atoms with van der Waals surface area (Å²) < 4.78 is 14.3. The van der Waals surface area contributed by atoms with Crippen molar-refractivity contribution in [2.24, 2.45) is 5.73 Å². The molecule has 5 N–H and O–H groups in total. The molecule has 34 heavy (non-hydrogen) atoms. The van der Waals surface area contributed by atoms with Gasteiger partial charge >= 0.3 is 6.03 Å². The van der Waals surface area contributed by atoms with Crippen molar-refractivity contribution in [1.29, 1.82) is 0 Å². The zero-order valence-corrected chi connectivity index (χ0v) is 18.8. The molecule has 1 unspecified atom stereocenters. The number of rotatable bonds is 7. The van der Waals surface area contributed by atoms with Crippen molar-refractivity contribution in [3.8, 4) is 0 Å². The summed E-state index contributed by atoms with van der Waals surface area (Å²) in [6.45, 7) is 3.31. The summed E-state index contributed by atoms with van der Waals surface area (Å²) in [6.07, 6.45) is 3.29. The van der Waals surface area contributed by atoms with Gasteiger partial charge in [0, 0.05) is 37.1 Å². The molecule has 0 aliphatic carbocycles. The second kappa shape index (κ2) is 10.2. The molecule has 3 amide bonds. The first-order valence-electron chi connectivity index (χ1n) is 11.1. The molecule has 0 spiro atoms. The molecular weight excluding hydrogens is 435 g/mol. The molecule has 1 aliphatic rings. The largest absolute Gasteiger partial charge is 0.378 e. The summed E-state index contributed by atoms with van der Waals surface area (Å²) >= 11 is 0. The number of likely N-dealkylation sites (tertiary alicyclic amines) is 1. The van der Waals surface area contributed by atoms with Gasteiger partial charge in [0.05, 0.1) is 16.9 Å². The molecule has 1 fully saturated rings. The first kappa shape index (κ1) is 23.0. The first-order valence-corrected chi connectivity index (χ1v) is 11.1. The van der Waals surface area contributed by atoms with E-state index in [0.29, 0.717) is 30.3 Å². The molecule has 9 heteroatoms. The Morgan fingerprint density at radius 3 is 2.50 bits per heavy atom. The van der Waals surface area contributed by atoms with E-state index < -0.39 is 11.7 Å². The van der Waals surface area contributed by atoms with Crippen LogP contribution in [0.1, 0.15) is 41.7 Å². The average Bonchev–Trinajstić information content (AvgIpc) is 3.37. The van der Waals surface area contributed by atoms with Crippen molar-refractivity contribution in [2.45, 2.75) is 25.8 Å². The number of nitrogens with zero attached hydrogens (tertiary/aromatic N) is 2. The highest BCUT2D eigenvalue weighted by atomic mass is 19.1. The highest BCUT2D eigenvalue weighted by Crippen LogP contribution is 2.27. The van der Waals surface area contributed by atoms with E-state index in [9.17, 15) is 14.0 Å². The molecule has 176 valence electrons. The summed E-state index contributed by atoms with van der Waals surface area (Å²) in [5.41, 5.74) is 7.96. The molecule has 0 radical (unpaired) electrons. The lowest BCUT2D eigenvalue weighted by Gasteiger charge is -2.19. The molecule has 1 aromatic heterocycles. The molecular formula is C25H27FN6O2. The minimum Gasteiger partial charge on any atom is -0.378 e. The molecule has 4 rings (SSSR count). The van der Waals surface area contributed by atoms with Gasteiger partial charge in [-0.15, -0.1) is 0 Å². The van der Waals surface area contributed by atoms with Crippen molar-refractivity contribution < 1.29 is 14.0 Å². The monoisotopic (exact) mass is 462 g/mol. The van der Waals surface area contributed by atoms with E-state index in [1.165, 1.54) is 18.3 Å². The number of halogens is 1. The summed E-state index contributed by atoms with van der Waals surface area (Å²) in [6, 6.07) is 15.4. The lowest BCUT2D eigenvalue weighted by Crippen LogP contribution is -2.32. The zero-order chi connectivity index (χ0) is 24.1. The van der Waals surface area contributed by atoms with Gasteiger partial charge in [-0.3, -0.25) is 4.79 Å². The van der Waals surface area contributed by atoms with Crippen molar-refractivity contribution in [3.63, 3.8) is 0 Å². The quantitative estimate of drug-likeness (QED) is 0.400. The molecule has 1 aliphatic heterocycles. The van der Waals surface area contributed by atoms with Crippen molar-refractivity contribution in [1.82, 2.24) is 9.88 Å². The molecule has 1 saturated heterocycles. The van der Waals surface area contributed by atoms with Crippen LogP contribution in [0, 0.1) is 5.82 Å². The van der Waals surface area contributed by atoms with Crippen LogP contribution >= 0.6 is 0 Å². The van der Waals surface area contributed by atoms with Gasteiger partial charge in [0.15, 0.2) is 0 Å². The van der Waals surface area contributed by atoms with Gasteiger partial charge in [-0.05, 0) is 43.5 Å². The van der Waals surface area contributed by atoms with Crippen molar-refractivity contribution in [2.75, 3.05) is 29.0 Å². The van der Waals surface area contributed by atoms with Crippen LogP contribution in [0.3, 0.4) is 0 Å². The second-order valence-corrected chi connectivity index (χ2v) is 8.20. The summed E-state index contributed by atoms with van der Waals surface area (Å²) in [4.78, 5) is 30.2. The van der Waals surface area contributed by atoms with Crippen LogP contribution in [0.2, 0.25) is 0 Å². The maximum Gasteiger partial charge on any atom is 0.321 e. The van der Waals surface area contributed by atoms with Gasteiger partial charge in [-0.25, -0.2) is 14.2 Å². The number of pyridine rings is 1. The number of hydrogen-bond acceptors (Lipinski definition) is 5. The van der Waals surface area contributed by atoms with E-state index in [1.54, 1.807) is 17.0 Å². The Hall–Kier alpha value is -4.14. The Kier molecular flexibility index (Phi) is 6.91. The molecule has 8 nitrogen and oxygen atoms in total. The number of nitrogens with two attached hydrogens (primary N) is 1. The minimum absolute atomic E-state index is 0.0757. The minimum atomic E-state index is -0.601. The number of carbonyl (C=O) groups is 2. The van der Waals surface area contributed by atoms with E-state index in [4.69, 9.17) is 5.73 Å². The van der Waals surface area contributed by atoms with Gasteiger partial charge in [0.25, 0.3) is 5.91 Å². The number of carbonyl (C=O) groups excluding carboxylic acids is 2. The molecule has 2 heterocycles. The van der Waals surface area contributed by atoms with Crippen LogP contribution < -0.4 is 21.7 Å². The third-order valence-electron chi connectivity index (χ3n) is 5.71. The predicted molar refractivity (Wildman–Crippen MR) is 131 cm³/mol. The van der Waals surface area contributed by atoms with Gasteiger partial charge < -0.3 is 26.6 Å². The molecule has 0 bridgehead atoms. The van der Waals surface area contributed by atoms with Gasteiger partial charge in [0.1, 0.15) is 11.6 Å². The fourth-order valence-electron chi connectivity index (χ4n) is 3.86. The number of primary amides is 1. The number of urea groups is 1. The standard InChI is InChI=1S/C25H27FN6O2/c1-16(17-7-3-2-4-8-17)29-21-14-23(28-15-19(21)24(27)33)30-18-9-10-20(26)22(13-18)31-25(34)32-11-5-6-12-32/h2-4,7-10,13-16H,5-6,11-12H2,1H3,(H2,27,33)(H,31,34)(H2,28,29,30). The van der Waals surface area contributed by atoms with Crippen LogP contribution in [0.5, 0.6) is 0 Å². The SMILES string of the molecule is CC(Nc1cc(Nc2ccc(F)c(NC(=O)N3CCCC3)c2)ncc1C(N)=O)c1ccccc1. The van der Waals surface area contributed by atoms with Crippen molar-refractivity contribution in [3.05, 3.63) is 77.7 Å². The number of nitrogens with one attached hydrogen (secondary N) is 3. The summed E-state index contributed by atoms with van der Waals surface area (Å²) in [5.74, 6) is -0.708. The van der Waals surface area contributed by atoms with Crippen LogP contribution in [-0.4, -0.2) is 34.9 Å². The van der Waals surface area contributed by atoms with Crippen LogP contribution in [0.25, 0.3) is 0 Å². The predicted octanol–water partition coefficient (Wildman–Crippen LogP) is 4.86. The third kappa shape index (κ3) is 5.43. The highest BCUT2D eigenvalue weighted by molar-refractivity contribution is 5.98. The Bertz CT molecular complexity index is 1180. The summed E-state index contributed by atoms with van der Waals surface area (Å²) in [5, 5.41) is 9.04. The summed E-state index contributed by atoms with van der Waals surface area (Å²) in [7, 11) is 0. The Labute approximate surface area is 197 Å². The van der Waals surface area contributed by atoms with Crippen LogP contribution in [-0.2, 0) is 0 Å².